The van der Waals surface area contributed by atoms with Gasteiger partial charge in [-0.15, -0.1) is 0 Å². The van der Waals surface area contributed by atoms with Crippen molar-refractivity contribution >= 4 is 0 Å². The second-order valence-electron chi connectivity index (χ2n) is 6.85. The van der Waals surface area contributed by atoms with Crippen LogP contribution in [0.4, 0.5) is 0 Å². The molecule has 0 atom stereocenters. The van der Waals surface area contributed by atoms with E-state index in [1.165, 1.54) is 5.56 Å². The normalized spacial score (nSPS) is 12.9. The van der Waals surface area contributed by atoms with Crippen LogP contribution in [0.5, 0.6) is 5.75 Å². The number of hydrogen-bond donors (Lipinski definition) is 1. The predicted octanol–water partition coefficient (Wildman–Crippen LogP) is 4.55. The van der Waals surface area contributed by atoms with Gasteiger partial charge in [0.2, 0.25) is 0 Å². The minimum Gasteiger partial charge on any atom is -0.507 e. The summed E-state index contributed by atoms with van der Waals surface area (Å²) in [5.74, 6) is 0.493. The van der Waals surface area contributed by atoms with Gasteiger partial charge in [0.25, 0.3) is 0 Å². The molecule has 0 amide bonds. The number of phenolic OH excluding ortho intramolecular Hbond substituents is 1. The Bertz CT molecular complexity index is 403. The van der Waals surface area contributed by atoms with E-state index in [9.17, 15) is 5.11 Å². The van der Waals surface area contributed by atoms with Crippen LogP contribution in [0, 0.1) is 0 Å². The lowest BCUT2D eigenvalue weighted by atomic mass is 9.74. The van der Waals surface area contributed by atoms with E-state index in [0.717, 1.165) is 17.5 Å². The van der Waals surface area contributed by atoms with Crippen molar-refractivity contribution in [2.24, 2.45) is 0 Å². The summed E-state index contributed by atoms with van der Waals surface area (Å²) in [7, 11) is 0. The summed E-state index contributed by atoms with van der Waals surface area (Å²) >= 11 is 0. The maximum Gasteiger partial charge on any atom is 0.122 e. The van der Waals surface area contributed by atoms with Gasteiger partial charge in [0.05, 0.1) is 0 Å². The van der Waals surface area contributed by atoms with Crippen molar-refractivity contribution < 1.29 is 5.11 Å². The maximum absolute atomic E-state index is 10.5. The molecule has 0 aliphatic rings. The van der Waals surface area contributed by atoms with Crippen LogP contribution in [-0.2, 0) is 17.3 Å². The molecular formula is C16H26O. The van der Waals surface area contributed by atoms with Crippen molar-refractivity contribution in [3.8, 4) is 5.75 Å². The van der Waals surface area contributed by atoms with Gasteiger partial charge in [-0.05, 0) is 28.4 Å². The molecule has 1 aromatic carbocycles. The molecule has 0 saturated heterocycles. The van der Waals surface area contributed by atoms with Gasteiger partial charge < -0.3 is 5.11 Å². The van der Waals surface area contributed by atoms with Crippen LogP contribution in [0.15, 0.2) is 12.1 Å². The Balaban J connectivity index is 3.59. The van der Waals surface area contributed by atoms with Crippen molar-refractivity contribution in [1.29, 1.82) is 0 Å². The highest BCUT2D eigenvalue weighted by Crippen LogP contribution is 2.41. The Kier molecular flexibility index (Phi) is 3.61. The van der Waals surface area contributed by atoms with Gasteiger partial charge in [-0.3, -0.25) is 0 Å². The molecule has 17 heavy (non-hydrogen) atoms. The first-order chi connectivity index (χ1) is 7.59. The van der Waals surface area contributed by atoms with Crippen molar-refractivity contribution in [2.45, 2.75) is 65.7 Å². The highest BCUT2D eigenvalue weighted by atomic mass is 16.3. The molecule has 1 nitrogen and oxygen atoms in total. The molecule has 0 heterocycles. The zero-order chi connectivity index (χ0) is 13.4. The first-order valence-corrected chi connectivity index (χ1v) is 6.44. The van der Waals surface area contributed by atoms with E-state index in [1.807, 2.05) is 0 Å². The summed E-state index contributed by atoms with van der Waals surface area (Å²) in [6.07, 6.45) is 0.874. The van der Waals surface area contributed by atoms with Crippen LogP contribution in [0.25, 0.3) is 0 Å². The van der Waals surface area contributed by atoms with Crippen LogP contribution in [0.2, 0.25) is 0 Å². The first-order valence-electron chi connectivity index (χ1n) is 6.44. The van der Waals surface area contributed by atoms with Gasteiger partial charge >= 0.3 is 0 Å². The van der Waals surface area contributed by atoms with Crippen LogP contribution in [0.3, 0.4) is 0 Å². The molecule has 0 aliphatic heterocycles. The number of hydrogen-bond acceptors (Lipinski definition) is 1. The average molecular weight is 234 g/mol. The molecule has 0 unspecified atom stereocenters. The van der Waals surface area contributed by atoms with E-state index in [4.69, 9.17) is 0 Å². The fourth-order valence-electron chi connectivity index (χ4n) is 2.30. The van der Waals surface area contributed by atoms with E-state index in [0.29, 0.717) is 5.75 Å². The first kappa shape index (κ1) is 14.1. The molecule has 0 spiro atoms. The van der Waals surface area contributed by atoms with Gasteiger partial charge in [-0.25, -0.2) is 0 Å². The third-order valence-corrected chi connectivity index (χ3v) is 3.20. The highest BCUT2D eigenvalue weighted by molar-refractivity contribution is 5.51. The topological polar surface area (TPSA) is 20.2 Å². The Morgan fingerprint density at radius 3 is 1.82 bits per heavy atom. The number of aryl methyl sites for hydroxylation is 1. The zero-order valence-electron chi connectivity index (χ0n) is 12.3. The lowest BCUT2D eigenvalue weighted by Crippen LogP contribution is -2.22. The zero-order valence-corrected chi connectivity index (χ0v) is 12.3. The summed E-state index contributed by atoms with van der Waals surface area (Å²) in [5, 5.41) is 10.5. The average Bonchev–Trinajstić information content (AvgIpc) is 2.13. The van der Waals surface area contributed by atoms with Gasteiger partial charge in [0.1, 0.15) is 5.75 Å². The molecule has 1 N–H and O–H groups in total. The van der Waals surface area contributed by atoms with E-state index in [2.05, 4.69) is 60.6 Å². The summed E-state index contributed by atoms with van der Waals surface area (Å²) in [6, 6.07) is 4.24. The molecule has 0 saturated carbocycles. The molecule has 0 aliphatic carbocycles. The third-order valence-electron chi connectivity index (χ3n) is 3.20. The molecule has 0 bridgehead atoms. The maximum atomic E-state index is 10.5. The van der Waals surface area contributed by atoms with Crippen LogP contribution in [-0.4, -0.2) is 5.11 Å². The number of rotatable bonds is 1. The lowest BCUT2D eigenvalue weighted by molar-refractivity contribution is 0.430. The summed E-state index contributed by atoms with van der Waals surface area (Å²) < 4.78 is 0. The molecule has 1 aromatic rings. The summed E-state index contributed by atoms with van der Waals surface area (Å²) in [5.41, 5.74) is 3.43. The SMILES string of the molecule is CCc1ccc(C(C)(C)C)c(C(C)(C)C)c1O. The Morgan fingerprint density at radius 2 is 1.47 bits per heavy atom. The standard InChI is InChI=1S/C16H26O/c1-8-11-9-10-12(15(2,3)4)13(14(11)17)16(5,6)7/h9-10,17H,8H2,1-7H3. The molecule has 0 aromatic heterocycles. The quantitative estimate of drug-likeness (QED) is 0.756. The van der Waals surface area contributed by atoms with Crippen molar-refractivity contribution in [2.75, 3.05) is 0 Å². The van der Waals surface area contributed by atoms with E-state index >= 15 is 0 Å². The van der Waals surface area contributed by atoms with Gasteiger partial charge in [0.15, 0.2) is 0 Å². The van der Waals surface area contributed by atoms with Gasteiger partial charge in [-0.2, -0.15) is 0 Å². The minimum absolute atomic E-state index is 0.0299. The third kappa shape index (κ3) is 2.83. The Labute approximate surface area is 106 Å². The largest absolute Gasteiger partial charge is 0.507 e. The molecule has 96 valence electrons. The summed E-state index contributed by atoms with van der Waals surface area (Å²) in [6.45, 7) is 15.2. The van der Waals surface area contributed by atoms with E-state index in [1.54, 1.807) is 0 Å². The number of benzene rings is 1. The minimum atomic E-state index is -0.0299. The second-order valence-corrected chi connectivity index (χ2v) is 6.85. The number of aromatic hydroxyl groups is 1. The van der Waals surface area contributed by atoms with Crippen molar-refractivity contribution in [3.05, 3.63) is 28.8 Å². The molecule has 0 fully saturated rings. The number of phenols is 1. The van der Waals surface area contributed by atoms with E-state index in [-0.39, 0.29) is 10.8 Å². The fourth-order valence-corrected chi connectivity index (χ4v) is 2.30. The predicted molar refractivity (Wildman–Crippen MR) is 74.9 cm³/mol. The lowest BCUT2D eigenvalue weighted by Gasteiger charge is -2.31. The molecule has 0 radical (unpaired) electrons. The monoisotopic (exact) mass is 234 g/mol. The van der Waals surface area contributed by atoms with Gasteiger partial charge in [0, 0.05) is 5.56 Å². The Hall–Kier alpha value is -0.980. The highest BCUT2D eigenvalue weighted by Gasteiger charge is 2.28. The second kappa shape index (κ2) is 4.36. The Morgan fingerprint density at radius 1 is 0.941 bits per heavy atom. The fraction of sp³-hybridized carbons (Fsp3) is 0.625. The van der Waals surface area contributed by atoms with E-state index < -0.39 is 0 Å². The van der Waals surface area contributed by atoms with Gasteiger partial charge in [-0.1, -0.05) is 60.6 Å². The van der Waals surface area contributed by atoms with Crippen LogP contribution in [0.1, 0.15) is 65.2 Å². The van der Waals surface area contributed by atoms with Crippen LogP contribution >= 0.6 is 0 Å². The smallest absolute Gasteiger partial charge is 0.122 e. The van der Waals surface area contributed by atoms with Crippen molar-refractivity contribution in [1.82, 2.24) is 0 Å². The van der Waals surface area contributed by atoms with Crippen LogP contribution < -0.4 is 0 Å². The molecule has 1 heteroatoms. The molecular weight excluding hydrogens is 208 g/mol. The summed E-state index contributed by atoms with van der Waals surface area (Å²) in [4.78, 5) is 0. The van der Waals surface area contributed by atoms with Crippen molar-refractivity contribution in [3.63, 3.8) is 0 Å². The molecule has 1 rings (SSSR count).